The maximum atomic E-state index is 11.8. The molecule has 2 rings (SSSR count). The van der Waals surface area contributed by atoms with E-state index in [4.69, 9.17) is 5.11 Å². The average Bonchev–Trinajstić information content (AvgIpc) is 2.79. The molecule has 1 saturated heterocycles. The van der Waals surface area contributed by atoms with Crippen molar-refractivity contribution < 1.29 is 9.90 Å². The number of halogens is 1. The van der Waals surface area contributed by atoms with Gasteiger partial charge in [0.15, 0.2) is 0 Å². The van der Waals surface area contributed by atoms with E-state index in [1.54, 1.807) is 12.3 Å². The lowest BCUT2D eigenvalue weighted by molar-refractivity contribution is -0.117. The summed E-state index contributed by atoms with van der Waals surface area (Å²) < 4.78 is 0.880. The second kappa shape index (κ2) is 6.26. The number of rotatable bonds is 4. The third-order valence-electron chi connectivity index (χ3n) is 2.99. The first-order valence-electron chi connectivity index (χ1n) is 5.92. The first-order chi connectivity index (χ1) is 8.67. The van der Waals surface area contributed by atoms with Gasteiger partial charge in [0, 0.05) is 23.8 Å². The van der Waals surface area contributed by atoms with E-state index in [0.29, 0.717) is 18.3 Å². The molecule has 1 amide bonds. The molecule has 0 saturated carbocycles. The molecule has 1 atom stereocenters. The molecule has 0 aliphatic carbocycles. The van der Waals surface area contributed by atoms with Gasteiger partial charge < -0.3 is 10.4 Å². The first kappa shape index (κ1) is 13.5. The van der Waals surface area contributed by atoms with Crippen LogP contribution in [0.2, 0.25) is 0 Å². The Morgan fingerprint density at radius 3 is 3.06 bits per heavy atom. The molecule has 18 heavy (non-hydrogen) atoms. The van der Waals surface area contributed by atoms with Gasteiger partial charge in [0.1, 0.15) is 5.82 Å². The van der Waals surface area contributed by atoms with Crippen molar-refractivity contribution in [2.75, 3.05) is 31.6 Å². The Morgan fingerprint density at radius 2 is 2.44 bits per heavy atom. The zero-order valence-corrected chi connectivity index (χ0v) is 11.6. The second-order valence-corrected chi connectivity index (χ2v) is 5.40. The number of hydrogen-bond acceptors (Lipinski definition) is 4. The normalized spacial score (nSPS) is 20.0. The van der Waals surface area contributed by atoms with E-state index in [1.807, 2.05) is 6.07 Å². The predicted molar refractivity (Wildman–Crippen MR) is 72.2 cm³/mol. The Hall–Kier alpha value is -0.980. The molecule has 0 bridgehead atoms. The Balaban J connectivity index is 1.80. The fourth-order valence-corrected chi connectivity index (χ4v) is 2.28. The summed E-state index contributed by atoms with van der Waals surface area (Å²) in [7, 11) is 0. The van der Waals surface area contributed by atoms with Crippen molar-refractivity contribution in [1.29, 1.82) is 0 Å². The molecule has 1 fully saturated rings. The number of nitrogens with zero attached hydrogens (tertiary/aromatic N) is 2. The van der Waals surface area contributed by atoms with Crippen molar-refractivity contribution in [1.82, 2.24) is 9.88 Å². The summed E-state index contributed by atoms with van der Waals surface area (Å²) in [5, 5.41) is 11.8. The van der Waals surface area contributed by atoms with E-state index < -0.39 is 0 Å². The van der Waals surface area contributed by atoms with Gasteiger partial charge in [-0.25, -0.2) is 4.98 Å². The van der Waals surface area contributed by atoms with Gasteiger partial charge in [-0.3, -0.25) is 9.69 Å². The standard InChI is InChI=1S/C12H16BrN3O2/c13-10-1-2-11(14-5-10)15-12(18)7-16-4-3-9(6-16)8-17/h1-2,5,9,17H,3-4,6-8H2,(H,14,15,18). The maximum absolute atomic E-state index is 11.8. The largest absolute Gasteiger partial charge is 0.396 e. The molecule has 0 aromatic carbocycles. The van der Waals surface area contributed by atoms with Gasteiger partial charge in [-0.15, -0.1) is 0 Å². The van der Waals surface area contributed by atoms with Crippen LogP contribution >= 0.6 is 15.9 Å². The molecular weight excluding hydrogens is 298 g/mol. The third kappa shape index (κ3) is 3.76. The van der Waals surface area contributed by atoms with Gasteiger partial charge in [-0.05, 0) is 46.9 Å². The molecule has 2 heterocycles. The molecule has 1 aromatic rings. The predicted octanol–water partition coefficient (Wildman–Crippen LogP) is 1.10. The topological polar surface area (TPSA) is 65.5 Å². The van der Waals surface area contributed by atoms with Crippen molar-refractivity contribution in [3.63, 3.8) is 0 Å². The number of nitrogens with one attached hydrogen (secondary N) is 1. The smallest absolute Gasteiger partial charge is 0.239 e. The van der Waals surface area contributed by atoms with Crippen LogP contribution < -0.4 is 5.32 Å². The number of aromatic nitrogens is 1. The highest BCUT2D eigenvalue weighted by molar-refractivity contribution is 9.10. The lowest BCUT2D eigenvalue weighted by Crippen LogP contribution is -2.32. The van der Waals surface area contributed by atoms with Crippen LogP contribution in [0.1, 0.15) is 6.42 Å². The molecule has 1 unspecified atom stereocenters. The van der Waals surface area contributed by atoms with Crippen molar-refractivity contribution in [2.24, 2.45) is 5.92 Å². The number of pyridine rings is 1. The molecule has 1 aliphatic rings. The van der Waals surface area contributed by atoms with Crippen LogP contribution in [-0.4, -0.2) is 47.1 Å². The maximum Gasteiger partial charge on any atom is 0.239 e. The molecule has 98 valence electrons. The Morgan fingerprint density at radius 1 is 1.61 bits per heavy atom. The van der Waals surface area contributed by atoms with Crippen LogP contribution in [0.25, 0.3) is 0 Å². The fraction of sp³-hybridized carbons (Fsp3) is 0.500. The quantitative estimate of drug-likeness (QED) is 0.873. The lowest BCUT2D eigenvalue weighted by Gasteiger charge is -2.14. The number of amides is 1. The summed E-state index contributed by atoms with van der Waals surface area (Å²) in [5.74, 6) is 0.799. The number of likely N-dealkylation sites (tertiary alicyclic amines) is 1. The highest BCUT2D eigenvalue weighted by Gasteiger charge is 2.23. The van der Waals surface area contributed by atoms with Crippen LogP contribution in [0.5, 0.6) is 0 Å². The van der Waals surface area contributed by atoms with Gasteiger partial charge in [0.05, 0.1) is 6.54 Å². The summed E-state index contributed by atoms with van der Waals surface area (Å²) in [4.78, 5) is 17.9. The third-order valence-corrected chi connectivity index (χ3v) is 3.46. The number of anilines is 1. The molecule has 6 heteroatoms. The minimum atomic E-state index is -0.0663. The molecule has 0 radical (unpaired) electrons. The minimum Gasteiger partial charge on any atom is -0.396 e. The molecule has 5 nitrogen and oxygen atoms in total. The van der Waals surface area contributed by atoms with E-state index in [2.05, 4.69) is 31.1 Å². The van der Waals surface area contributed by atoms with Crippen LogP contribution in [0, 0.1) is 5.92 Å². The number of aliphatic hydroxyl groups excluding tert-OH is 1. The molecule has 1 aromatic heterocycles. The van der Waals surface area contributed by atoms with Gasteiger partial charge >= 0.3 is 0 Å². The molecule has 2 N–H and O–H groups in total. The number of hydrogen-bond donors (Lipinski definition) is 2. The minimum absolute atomic E-state index is 0.0663. The zero-order valence-electron chi connectivity index (χ0n) is 9.97. The van der Waals surface area contributed by atoms with Crippen molar-refractivity contribution in [2.45, 2.75) is 6.42 Å². The van der Waals surface area contributed by atoms with E-state index in [-0.39, 0.29) is 12.5 Å². The monoisotopic (exact) mass is 313 g/mol. The van der Waals surface area contributed by atoms with Gasteiger partial charge in [-0.2, -0.15) is 0 Å². The summed E-state index contributed by atoms with van der Waals surface area (Å²) in [6.07, 6.45) is 2.60. The highest BCUT2D eigenvalue weighted by Crippen LogP contribution is 2.15. The fourth-order valence-electron chi connectivity index (χ4n) is 2.04. The van der Waals surface area contributed by atoms with E-state index in [0.717, 1.165) is 24.0 Å². The van der Waals surface area contributed by atoms with Crippen molar-refractivity contribution >= 4 is 27.7 Å². The van der Waals surface area contributed by atoms with E-state index in [1.165, 1.54) is 0 Å². The van der Waals surface area contributed by atoms with Crippen LogP contribution in [-0.2, 0) is 4.79 Å². The number of carbonyl (C=O) groups is 1. The Labute approximate surface area is 114 Å². The van der Waals surface area contributed by atoms with Crippen molar-refractivity contribution in [3.05, 3.63) is 22.8 Å². The van der Waals surface area contributed by atoms with Gasteiger partial charge in [-0.1, -0.05) is 0 Å². The number of aliphatic hydroxyl groups is 1. The molecular formula is C12H16BrN3O2. The van der Waals surface area contributed by atoms with Crippen LogP contribution in [0.3, 0.4) is 0 Å². The summed E-state index contributed by atoms with van der Waals surface area (Å²) >= 11 is 3.29. The summed E-state index contributed by atoms with van der Waals surface area (Å²) in [6, 6.07) is 3.59. The molecule has 0 spiro atoms. The van der Waals surface area contributed by atoms with Crippen LogP contribution in [0.15, 0.2) is 22.8 Å². The number of carbonyl (C=O) groups excluding carboxylic acids is 1. The van der Waals surface area contributed by atoms with Gasteiger partial charge in [0.2, 0.25) is 5.91 Å². The summed E-state index contributed by atoms with van der Waals surface area (Å²) in [5.41, 5.74) is 0. The molecule has 1 aliphatic heterocycles. The Bertz CT molecular complexity index is 410. The van der Waals surface area contributed by atoms with Crippen molar-refractivity contribution in [3.8, 4) is 0 Å². The summed E-state index contributed by atoms with van der Waals surface area (Å²) in [6.45, 7) is 2.21. The van der Waals surface area contributed by atoms with Gasteiger partial charge in [0.25, 0.3) is 0 Å². The highest BCUT2D eigenvalue weighted by atomic mass is 79.9. The van der Waals surface area contributed by atoms with E-state index in [9.17, 15) is 4.79 Å². The second-order valence-electron chi connectivity index (χ2n) is 4.48. The van der Waals surface area contributed by atoms with Crippen LogP contribution in [0.4, 0.5) is 5.82 Å². The van der Waals surface area contributed by atoms with E-state index >= 15 is 0 Å². The SMILES string of the molecule is O=C(CN1CCC(CO)C1)Nc1ccc(Br)cn1. The average molecular weight is 314 g/mol. The Kier molecular flexibility index (Phi) is 4.68. The lowest BCUT2D eigenvalue weighted by atomic mass is 10.1. The first-order valence-corrected chi connectivity index (χ1v) is 6.71. The zero-order chi connectivity index (χ0) is 13.0.